The average molecular weight is 188 g/mol. The maximum atomic E-state index is 10.8. The van der Waals surface area contributed by atoms with E-state index in [9.17, 15) is 4.79 Å². The Morgan fingerprint density at radius 1 is 1.54 bits per heavy atom. The van der Waals surface area contributed by atoms with Crippen LogP contribution in [0.3, 0.4) is 0 Å². The lowest BCUT2D eigenvalue weighted by atomic mass is 10.5. The Hall–Kier alpha value is -0.870. The molecule has 0 rings (SSSR count). The predicted molar refractivity (Wildman–Crippen MR) is 47.9 cm³/mol. The van der Waals surface area contributed by atoms with E-state index in [2.05, 4.69) is 6.58 Å². The van der Waals surface area contributed by atoms with E-state index in [-0.39, 0.29) is 6.79 Å². The Labute approximate surface area is 78.5 Å². The molecule has 0 N–H and O–H groups in total. The van der Waals surface area contributed by atoms with Crippen molar-refractivity contribution in [3.8, 4) is 0 Å². The molecule has 0 amide bonds. The van der Waals surface area contributed by atoms with Gasteiger partial charge in [0.15, 0.2) is 6.79 Å². The molecule has 0 aromatic rings. The maximum absolute atomic E-state index is 10.8. The third-order valence-corrected chi connectivity index (χ3v) is 1.29. The van der Waals surface area contributed by atoms with Crippen LogP contribution in [0.1, 0.15) is 20.3 Å². The van der Waals surface area contributed by atoms with Crippen molar-refractivity contribution in [1.29, 1.82) is 0 Å². The number of hydrogen-bond acceptors (Lipinski definition) is 4. The molecular weight excluding hydrogens is 172 g/mol. The number of carbonyl (C=O) groups is 1. The fraction of sp³-hybridized carbons (Fsp3) is 0.667. The first-order chi connectivity index (χ1) is 6.24. The summed E-state index contributed by atoms with van der Waals surface area (Å²) < 4.78 is 14.9. The molecule has 0 saturated heterocycles. The van der Waals surface area contributed by atoms with E-state index in [1.807, 2.05) is 13.8 Å². The van der Waals surface area contributed by atoms with E-state index in [0.29, 0.717) is 13.0 Å². The van der Waals surface area contributed by atoms with Crippen LogP contribution < -0.4 is 0 Å². The van der Waals surface area contributed by atoms with Crippen LogP contribution in [-0.2, 0) is 19.0 Å². The van der Waals surface area contributed by atoms with Gasteiger partial charge in [-0.05, 0) is 6.92 Å². The Bertz CT molecular complexity index is 156. The van der Waals surface area contributed by atoms with E-state index in [4.69, 9.17) is 14.2 Å². The van der Waals surface area contributed by atoms with Gasteiger partial charge in [0.25, 0.3) is 0 Å². The van der Waals surface area contributed by atoms with Gasteiger partial charge < -0.3 is 14.2 Å². The summed E-state index contributed by atoms with van der Waals surface area (Å²) in [6.07, 6.45) is 1.15. The summed E-state index contributed by atoms with van der Waals surface area (Å²) in [5.41, 5.74) is 0. The zero-order valence-corrected chi connectivity index (χ0v) is 8.12. The Balaban J connectivity index is 3.62. The highest BCUT2D eigenvalue weighted by Gasteiger charge is 2.09. The first kappa shape index (κ1) is 12.1. The molecular formula is C9H16O4. The highest BCUT2D eigenvalue weighted by Crippen LogP contribution is 2.01. The van der Waals surface area contributed by atoms with Gasteiger partial charge in [-0.15, -0.1) is 0 Å². The molecule has 0 aliphatic heterocycles. The van der Waals surface area contributed by atoms with Gasteiger partial charge in [-0.3, -0.25) is 0 Å². The zero-order chi connectivity index (χ0) is 10.1. The van der Waals surface area contributed by atoms with Crippen LogP contribution in [-0.4, -0.2) is 25.7 Å². The van der Waals surface area contributed by atoms with Crippen molar-refractivity contribution in [1.82, 2.24) is 0 Å². The van der Waals surface area contributed by atoms with Gasteiger partial charge in [0.1, 0.15) is 0 Å². The monoisotopic (exact) mass is 188 g/mol. The van der Waals surface area contributed by atoms with Crippen LogP contribution in [0.4, 0.5) is 0 Å². The van der Waals surface area contributed by atoms with Gasteiger partial charge >= 0.3 is 5.97 Å². The summed E-state index contributed by atoms with van der Waals surface area (Å²) in [7, 11) is 0. The minimum atomic E-state index is -0.544. The van der Waals surface area contributed by atoms with E-state index < -0.39 is 12.3 Å². The average Bonchev–Trinajstić information content (AvgIpc) is 2.16. The first-order valence-electron chi connectivity index (χ1n) is 4.27. The molecule has 0 aromatic carbocycles. The molecule has 0 bridgehead atoms. The van der Waals surface area contributed by atoms with Crippen LogP contribution in [0.5, 0.6) is 0 Å². The second kappa shape index (κ2) is 7.76. The molecule has 0 aromatic heterocycles. The molecule has 4 nitrogen and oxygen atoms in total. The first-order valence-corrected chi connectivity index (χ1v) is 4.27. The second-order valence-corrected chi connectivity index (χ2v) is 2.26. The van der Waals surface area contributed by atoms with Crippen LogP contribution >= 0.6 is 0 Å². The van der Waals surface area contributed by atoms with Gasteiger partial charge in [-0.25, -0.2) is 4.79 Å². The quantitative estimate of drug-likeness (QED) is 0.262. The molecule has 0 aliphatic carbocycles. The molecule has 1 unspecified atom stereocenters. The van der Waals surface area contributed by atoms with Gasteiger partial charge in [0.05, 0.1) is 0 Å². The number of hydrogen-bond donors (Lipinski definition) is 0. The molecule has 0 aliphatic rings. The molecule has 13 heavy (non-hydrogen) atoms. The van der Waals surface area contributed by atoms with Crippen LogP contribution in [0.15, 0.2) is 12.7 Å². The van der Waals surface area contributed by atoms with Gasteiger partial charge in [-0.2, -0.15) is 0 Å². The third kappa shape index (κ3) is 6.31. The molecule has 0 radical (unpaired) electrons. The molecule has 0 saturated carbocycles. The second-order valence-electron chi connectivity index (χ2n) is 2.26. The molecule has 4 heteroatoms. The third-order valence-electron chi connectivity index (χ3n) is 1.29. The topological polar surface area (TPSA) is 44.8 Å². The SMILES string of the molecule is C=CC(=O)OC(CC)OCOCC. The van der Waals surface area contributed by atoms with Crippen molar-refractivity contribution in [3.63, 3.8) is 0 Å². The zero-order valence-electron chi connectivity index (χ0n) is 8.12. The molecule has 76 valence electrons. The van der Waals surface area contributed by atoms with E-state index in [0.717, 1.165) is 6.08 Å². The van der Waals surface area contributed by atoms with E-state index in [1.165, 1.54) is 0 Å². The van der Waals surface area contributed by atoms with Crippen LogP contribution in [0.2, 0.25) is 0 Å². The minimum absolute atomic E-state index is 0.138. The van der Waals surface area contributed by atoms with E-state index >= 15 is 0 Å². The normalized spacial score (nSPS) is 12.2. The number of ether oxygens (including phenoxy) is 3. The molecule has 1 atom stereocenters. The van der Waals surface area contributed by atoms with Gasteiger partial charge in [-0.1, -0.05) is 13.5 Å². The van der Waals surface area contributed by atoms with Crippen molar-refractivity contribution in [3.05, 3.63) is 12.7 Å². The van der Waals surface area contributed by atoms with E-state index in [1.54, 1.807) is 0 Å². The minimum Gasteiger partial charge on any atom is -0.433 e. The van der Waals surface area contributed by atoms with Crippen molar-refractivity contribution >= 4 is 5.97 Å². The lowest BCUT2D eigenvalue weighted by molar-refractivity contribution is -0.198. The summed E-state index contributed by atoms with van der Waals surface area (Å²) in [6, 6.07) is 0. The molecule has 0 fully saturated rings. The Kier molecular flexibility index (Phi) is 7.24. The smallest absolute Gasteiger partial charge is 0.332 e. The summed E-state index contributed by atoms with van der Waals surface area (Å²) in [4.78, 5) is 10.8. The fourth-order valence-corrected chi connectivity index (χ4v) is 0.620. The van der Waals surface area contributed by atoms with Gasteiger partial charge in [0, 0.05) is 19.1 Å². The van der Waals surface area contributed by atoms with Crippen molar-refractivity contribution < 1.29 is 19.0 Å². The lowest BCUT2D eigenvalue weighted by Crippen LogP contribution is -2.20. The highest BCUT2D eigenvalue weighted by molar-refractivity contribution is 5.81. The number of rotatable bonds is 7. The van der Waals surface area contributed by atoms with Crippen LogP contribution in [0, 0.1) is 0 Å². The molecule has 0 spiro atoms. The standard InChI is InChI=1S/C9H16O4/c1-4-8(10)13-9(5-2)12-7-11-6-3/h4,9H,1,5-7H2,2-3H3. The largest absolute Gasteiger partial charge is 0.433 e. The number of carbonyl (C=O) groups excluding carboxylic acids is 1. The fourth-order valence-electron chi connectivity index (χ4n) is 0.620. The lowest BCUT2D eigenvalue weighted by Gasteiger charge is -2.15. The van der Waals surface area contributed by atoms with Gasteiger partial charge in [0.2, 0.25) is 6.29 Å². The summed E-state index contributed by atoms with van der Waals surface area (Å²) >= 11 is 0. The maximum Gasteiger partial charge on any atom is 0.332 e. The Morgan fingerprint density at radius 3 is 2.69 bits per heavy atom. The Morgan fingerprint density at radius 2 is 2.23 bits per heavy atom. The predicted octanol–water partition coefficient (Wildman–Crippen LogP) is 1.46. The molecule has 0 heterocycles. The summed E-state index contributed by atoms with van der Waals surface area (Å²) in [5.74, 6) is -0.483. The summed E-state index contributed by atoms with van der Waals surface area (Å²) in [5, 5.41) is 0. The van der Waals surface area contributed by atoms with Crippen molar-refractivity contribution in [2.45, 2.75) is 26.6 Å². The van der Waals surface area contributed by atoms with Crippen molar-refractivity contribution in [2.75, 3.05) is 13.4 Å². The van der Waals surface area contributed by atoms with Crippen LogP contribution in [0.25, 0.3) is 0 Å². The summed E-state index contributed by atoms with van der Waals surface area (Å²) in [6.45, 7) is 7.71. The highest BCUT2D eigenvalue weighted by atomic mass is 16.8. The van der Waals surface area contributed by atoms with Crippen molar-refractivity contribution in [2.24, 2.45) is 0 Å². The number of esters is 1.